The van der Waals surface area contributed by atoms with Gasteiger partial charge in [0.25, 0.3) is 0 Å². The van der Waals surface area contributed by atoms with E-state index < -0.39 is 26.5 Å². The molecule has 0 rings (SSSR count). The van der Waals surface area contributed by atoms with Crippen molar-refractivity contribution in [2.45, 2.75) is 270 Å². The number of quaternary nitrogens is 1. The van der Waals surface area contributed by atoms with E-state index in [-0.39, 0.29) is 32.0 Å². The third-order valence-corrected chi connectivity index (χ3v) is 12.9. The number of unbranched alkanes of at least 4 members (excludes halogenated alkanes) is 35. The van der Waals surface area contributed by atoms with Gasteiger partial charge in [0, 0.05) is 12.8 Å². The van der Waals surface area contributed by atoms with Crippen LogP contribution in [0.25, 0.3) is 0 Å². The minimum Gasteiger partial charge on any atom is -0.462 e. The summed E-state index contributed by atoms with van der Waals surface area (Å²) < 4.78 is 34.1. The van der Waals surface area contributed by atoms with E-state index >= 15 is 0 Å². The summed E-state index contributed by atoms with van der Waals surface area (Å²) in [4.78, 5) is 35.1. The maximum Gasteiger partial charge on any atom is 0.472 e. The van der Waals surface area contributed by atoms with Crippen LogP contribution in [0.1, 0.15) is 264 Å². The van der Waals surface area contributed by atoms with Crippen molar-refractivity contribution >= 4 is 19.8 Å². The minimum atomic E-state index is -4.36. The highest BCUT2D eigenvalue weighted by Crippen LogP contribution is 2.43. The molecule has 61 heavy (non-hydrogen) atoms. The van der Waals surface area contributed by atoms with Gasteiger partial charge in [-0.2, -0.15) is 0 Å². The van der Waals surface area contributed by atoms with E-state index in [9.17, 15) is 19.0 Å². The quantitative estimate of drug-likeness (QED) is 0.0278. The minimum absolute atomic E-state index is 0.0362. The van der Waals surface area contributed by atoms with Crippen molar-refractivity contribution in [2.24, 2.45) is 0 Å². The summed E-state index contributed by atoms with van der Waals surface area (Å²) >= 11 is 0. The molecule has 0 aromatic carbocycles. The molecule has 0 aromatic rings. The Morgan fingerprint density at radius 3 is 1.05 bits per heavy atom. The Bertz CT molecular complexity index is 1010. The van der Waals surface area contributed by atoms with Crippen molar-refractivity contribution in [1.29, 1.82) is 0 Å². The molecule has 0 amide bonds. The first-order valence-electron chi connectivity index (χ1n) is 26.3. The van der Waals surface area contributed by atoms with Gasteiger partial charge in [0.2, 0.25) is 0 Å². The summed E-state index contributed by atoms with van der Waals surface area (Å²) in [5.74, 6) is -0.797. The molecule has 364 valence electrons. The van der Waals surface area contributed by atoms with Crippen LogP contribution in [0.2, 0.25) is 0 Å². The number of rotatable bonds is 49. The molecular weight excluding hydrogens is 786 g/mol. The first-order valence-corrected chi connectivity index (χ1v) is 27.8. The van der Waals surface area contributed by atoms with E-state index in [1.807, 2.05) is 21.1 Å². The van der Waals surface area contributed by atoms with Crippen molar-refractivity contribution in [3.05, 3.63) is 0 Å². The first kappa shape index (κ1) is 60.0. The number of carbonyl (C=O) groups is 2. The van der Waals surface area contributed by atoms with Crippen LogP contribution in [0, 0.1) is 0 Å². The molecule has 2 unspecified atom stereocenters. The van der Waals surface area contributed by atoms with Crippen LogP contribution in [0.4, 0.5) is 0 Å². The van der Waals surface area contributed by atoms with Gasteiger partial charge in [-0.25, -0.2) is 4.57 Å². The van der Waals surface area contributed by atoms with Crippen LogP contribution in [0.3, 0.4) is 0 Å². The normalized spacial score (nSPS) is 13.3. The zero-order valence-corrected chi connectivity index (χ0v) is 42.1. The fraction of sp³-hybridized carbons (Fsp3) is 0.961. The molecule has 1 N–H and O–H groups in total. The van der Waals surface area contributed by atoms with Crippen molar-refractivity contribution in [2.75, 3.05) is 47.5 Å². The Morgan fingerprint density at radius 1 is 0.443 bits per heavy atom. The van der Waals surface area contributed by atoms with Gasteiger partial charge >= 0.3 is 19.8 Å². The highest BCUT2D eigenvalue weighted by Gasteiger charge is 2.27. The van der Waals surface area contributed by atoms with Gasteiger partial charge < -0.3 is 18.9 Å². The molecule has 0 aromatic heterocycles. The summed E-state index contributed by atoms with van der Waals surface area (Å²) in [6, 6.07) is 0. The van der Waals surface area contributed by atoms with Gasteiger partial charge in [0.1, 0.15) is 19.8 Å². The molecule has 10 heteroatoms. The van der Waals surface area contributed by atoms with Gasteiger partial charge in [-0.1, -0.05) is 239 Å². The molecule has 0 heterocycles. The lowest BCUT2D eigenvalue weighted by Crippen LogP contribution is -2.37. The zero-order valence-electron chi connectivity index (χ0n) is 41.2. The Hall–Kier alpha value is -0.990. The molecule has 0 spiro atoms. The third kappa shape index (κ3) is 48.3. The molecule has 0 aliphatic rings. The van der Waals surface area contributed by atoms with E-state index in [2.05, 4.69) is 13.8 Å². The molecular formula is C51H103NO8P+. The van der Waals surface area contributed by atoms with Crippen molar-refractivity contribution in [3.63, 3.8) is 0 Å². The molecule has 0 saturated heterocycles. The van der Waals surface area contributed by atoms with Crippen LogP contribution < -0.4 is 0 Å². The topological polar surface area (TPSA) is 108 Å². The molecule has 9 nitrogen and oxygen atoms in total. The predicted molar refractivity (Wildman–Crippen MR) is 257 cm³/mol. The largest absolute Gasteiger partial charge is 0.472 e. The van der Waals surface area contributed by atoms with E-state index in [0.29, 0.717) is 11.0 Å². The Balaban J connectivity index is 3.79. The van der Waals surface area contributed by atoms with Crippen molar-refractivity contribution < 1.29 is 42.1 Å². The number of hydrogen-bond acceptors (Lipinski definition) is 7. The highest BCUT2D eigenvalue weighted by atomic mass is 31.2. The number of nitrogens with zero attached hydrogens (tertiary/aromatic N) is 1. The number of carbonyl (C=O) groups excluding carboxylic acids is 2. The fourth-order valence-corrected chi connectivity index (χ4v) is 8.52. The van der Waals surface area contributed by atoms with Crippen LogP contribution in [-0.2, 0) is 32.7 Å². The lowest BCUT2D eigenvalue weighted by Gasteiger charge is -2.24. The SMILES string of the molecule is CCCCCCCCCCCCCCCCCCCCCCCCCCCCCCCCCCC(=O)OC(COC(=O)CCCCCCC)COP(=O)(O)OCC[N+](C)(C)C. The second-order valence-corrected chi connectivity index (χ2v) is 20.7. The molecule has 2 atom stereocenters. The van der Waals surface area contributed by atoms with Gasteiger partial charge in [0.05, 0.1) is 27.7 Å². The van der Waals surface area contributed by atoms with Crippen LogP contribution in [0.15, 0.2) is 0 Å². The first-order chi connectivity index (χ1) is 29.5. The zero-order chi connectivity index (χ0) is 45.0. The fourth-order valence-electron chi connectivity index (χ4n) is 7.78. The van der Waals surface area contributed by atoms with E-state index in [1.165, 1.54) is 186 Å². The average Bonchev–Trinajstić information content (AvgIpc) is 3.21. The van der Waals surface area contributed by atoms with E-state index in [4.69, 9.17) is 18.5 Å². The maximum atomic E-state index is 12.7. The molecule has 0 fully saturated rings. The molecule has 0 saturated carbocycles. The number of phosphoric ester groups is 1. The molecule has 0 radical (unpaired) electrons. The van der Waals surface area contributed by atoms with Crippen LogP contribution >= 0.6 is 7.82 Å². The van der Waals surface area contributed by atoms with Crippen LogP contribution in [0.5, 0.6) is 0 Å². The van der Waals surface area contributed by atoms with Crippen molar-refractivity contribution in [3.8, 4) is 0 Å². The molecule has 0 aliphatic carbocycles. The number of likely N-dealkylation sites (N-methyl/N-ethyl adjacent to an activating group) is 1. The molecule has 0 aliphatic heterocycles. The predicted octanol–water partition coefficient (Wildman–Crippen LogP) is 15.5. The van der Waals surface area contributed by atoms with Gasteiger partial charge in [-0.15, -0.1) is 0 Å². The van der Waals surface area contributed by atoms with Gasteiger partial charge in [0.15, 0.2) is 6.10 Å². The Morgan fingerprint density at radius 2 is 0.738 bits per heavy atom. The standard InChI is InChI=1S/C51H102NO8P/c1-6-8-10-12-13-14-15-16-17-18-19-20-21-22-23-24-25-26-27-28-29-30-31-32-33-34-35-36-37-38-40-42-44-51(54)60-49(47-57-50(53)43-41-39-11-9-7-2)48-59-61(55,56)58-46-45-52(3,4)5/h49H,6-48H2,1-5H3/p+1. The summed E-state index contributed by atoms with van der Waals surface area (Å²) in [5.41, 5.74) is 0. The van der Waals surface area contributed by atoms with Crippen molar-refractivity contribution in [1.82, 2.24) is 0 Å². The highest BCUT2D eigenvalue weighted by molar-refractivity contribution is 7.47. The van der Waals surface area contributed by atoms with Gasteiger partial charge in [-0.05, 0) is 12.8 Å². The second-order valence-electron chi connectivity index (χ2n) is 19.3. The van der Waals surface area contributed by atoms with Crippen LogP contribution in [-0.4, -0.2) is 74.9 Å². The summed E-state index contributed by atoms with van der Waals surface area (Å²) in [5, 5.41) is 0. The van der Waals surface area contributed by atoms with Gasteiger partial charge in [-0.3, -0.25) is 18.6 Å². The summed E-state index contributed by atoms with van der Waals surface area (Å²) in [6.07, 6.45) is 48.2. The average molecular weight is 889 g/mol. The summed E-state index contributed by atoms with van der Waals surface area (Å²) in [6.45, 7) is 4.37. The monoisotopic (exact) mass is 889 g/mol. The maximum absolute atomic E-state index is 12.7. The lowest BCUT2D eigenvalue weighted by molar-refractivity contribution is -0.870. The Kier molecular flexibility index (Phi) is 43.5. The third-order valence-electron chi connectivity index (χ3n) is 11.9. The van der Waals surface area contributed by atoms with E-state index in [0.717, 1.165) is 51.4 Å². The van der Waals surface area contributed by atoms with E-state index in [1.54, 1.807) is 0 Å². The number of esters is 2. The Labute approximate surface area is 378 Å². The number of hydrogen-bond donors (Lipinski definition) is 1. The summed E-state index contributed by atoms with van der Waals surface area (Å²) in [7, 11) is 1.49. The second kappa shape index (κ2) is 44.2. The number of ether oxygens (including phenoxy) is 2. The smallest absolute Gasteiger partial charge is 0.462 e. The molecule has 0 bridgehead atoms. The number of phosphoric acid groups is 1. The lowest BCUT2D eigenvalue weighted by atomic mass is 10.0.